The van der Waals surface area contributed by atoms with Crippen LogP contribution in [-0.4, -0.2) is 30.2 Å². The van der Waals surface area contributed by atoms with E-state index in [0.717, 1.165) is 5.56 Å². The van der Waals surface area contributed by atoms with Crippen molar-refractivity contribution >= 4 is 0 Å². The first kappa shape index (κ1) is 15.4. The van der Waals surface area contributed by atoms with Gasteiger partial charge in [-0.15, -0.1) is 0 Å². The maximum Gasteiger partial charge on any atom is 0.391 e. The van der Waals surface area contributed by atoms with E-state index < -0.39 is 12.1 Å². The van der Waals surface area contributed by atoms with Crippen LogP contribution in [0.1, 0.15) is 31.2 Å². The minimum atomic E-state index is -4.08. The Bertz CT molecular complexity index is 409. The second kappa shape index (κ2) is 5.77. The van der Waals surface area contributed by atoms with Gasteiger partial charge in [0.2, 0.25) is 0 Å². The zero-order chi connectivity index (χ0) is 14.8. The molecule has 6 heteroatoms. The summed E-state index contributed by atoms with van der Waals surface area (Å²) in [6, 6.07) is 1.86. The standard InChI is InChI=1S/C14H21F3N2O/c1-19(8-11-4-7-20-9-11)13(10-18)5-2-12(3-6-13)14(15,16)17/h4,7,9,12H,2-3,5-6,8,10,18H2,1H3. The van der Waals surface area contributed by atoms with Crippen LogP contribution in [0.3, 0.4) is 0 Å². The molecule has 0 radical (unpaired) electrons. The normalized spacial score (nSPS) is 28.0. The molecule has 114 valence electrons. The molecular formula is C14H21F3N2O. The van der Waals surface area contributed by atoms with Gasteiger partial charge in [0.1, 0.15) is 0 Å². The number of alkyl halides is 3. The smallest absolute Gasteiger partial charge is 0.391 e. The first-order valence-electron chi connectivity index (χ1n) is 6.86. The third-order valence-electron chi connectivity index (χ3n) is 4.57. The first-order chi connectivity index (χ1) is 9.37. The molecule has 0 atom stereocenters. The summed E-state index contributed by atoms with van der Waals surface area (Å²) in [5.41, 5.74) is 6.55. The van der Waals surface area contributed by atoms with Crippen molar-refractivity contribution in [1.82, 2.24) is 4.90 Å². The van der Waals surface area contributed by atoms with Crippen LogP contribution >= 0.6 is 0 Å². The van der Waals surface area contributed by atoms with E-state index in [1.165, 1.54) is 0 Å². The third kappa shape index (κ3) is 3.17. The van der Waals surface area contributed by atoms with E-state index in [1.807, 2.05) is 13.1 Å². The lowest BCUT2D eigenvalue weighted by atomic mass is 9.75. The van der Waals surface area contributed by atoms with Gasteiger partial charge in [-0.25, -0.2) is 0 Å². The Balaban J connectivity index is 2.01. The summed E-state index contributed by atoms with van der Waals surface area (Å²) in [4.78, 5) is 2.07. The minimum Gasteiger partial charge on any atom is -0.472 e. The third-order valence-corrected chi connectivity index (χ3v) is 4.57. The Kier molecular flexibility index (Phi) is 4.44. The van der Waals surface area contributed by atoms with E-state index in [-0.39, 0.29) is 18.4 Å². The largest absolute Gasteiger partial charge is 0.472 e. The van der Waals surface area contributed by atoms with Gasteiger partial charge in [-0.3, -0.25) is 4.90 Å². The summed E-state index contributed by atoms with van der Waals surface area (Å²) in [6.07, 6.45) is 0.474. The van der Waals surface area contributed by atoms with Crippen molar-refractivity contribution in [3.63, 3.8) is 0 Å². The monoisotopic (exact) mass is 290 g/mol. The van der Waals surface area contributed by atoms with Crippen LogP contribution in [0.25, 0.3) is 0 Å². The van der Waals surface area contributed by atoms with E-state index >= 15 is 0 Å². The highest BCUT2D eigenvalue weighted by atomic mass is 19.4. The molecule has 3 nitrogen and oxygen atoms in total. The summed E-state index contributed by atoms with van der Waals surface area (Å²) in [5, 5.41) is 0. The van der Waals surface area contributed by atoms with Gasteiger partial charge in [-0.05, 0) is 38.8 Å². The SMILES string of the molecule is CN(Cc1ccoc1)C1(CN)CCC(C(F)(F)F)CC1. The van der Waals surface area contributed by atoms with Crippen LogP contribution in [0.5, 0.6) is 0 Å². The number of likely N-dealkylation sites (N-methyl/N-ethyl adjacent to an activating group) is 1. The highest BCUT2D eigenvalue weighted by Crippen LogP contribution is 2.43. The predicted octanol–water partition coefficient (Wildman–Crippen LogP) is 3.16. The van der Waals surface area contributed by atoms with Gasteiger partial charge in [0.15, 0.2) is 0 Å². The first-order valence-corrected chi connectivity index (χ1v) is 6.86. The molecule has 0 amide bonds. The Morgan fingerprint density at radius 3 is 2.50 bits per heavy atom. The lowest BCUT2D eigenvalue weighted by Gasteiger charge is -2.46. The quantitative estimate of drug-likeness (QED) is 0.926. The van der Waals surface area contributed by atoms with Gasteiger partial charge in [0.05, 0.1) is 18.4 Å². The van der Waals surface area contributed by atoms with Crippen LogP contribution in [0, 0.1) is 5.92 Å². The molecule has 0 saturated heterocycles. The Morgan fingerprint density at radius 2 is 2.05 bits per heavy atom. The van der Waals surface area contributed by atoms with Gasteiger partial charge in [0, 0.05) is 24.2 Å². The Morgan fingerprint density at radius 1 is 1.40 bits per heavy atom. The van der Waals surface area contributed by atoms with Crippen LogP contribution in [0.4, 0.5) is 13.2 Å². The number of hydrogen-bond acceptors (Lipinski definition) is 3. The van der Waals surface area contributed by atoms with Crippen molar-refractivity contribution in [2.75, 3.05) is 13.6 Å². The molecule has 0 aromatic carbocycles. The Labute approximate surface area is 116 Å². The van der Waals surface area contributed by atoms with E-state index in [4.69, 9.17) is 10.2 Å². The second-order valence-electron chi connectivity index (χ2n) is 5.73. The summed E-state index contributed by atoms with van der Waals surface area (Å²) >= 11 is 0. The molecule has 1 aromatic heterocycles. The number of rotatable bonds is 4. The topological polar surface area (TPSA) is 42.4 Å². The molecule has 1 aliphatic carbocycles. The fourth-order valence-corrected chi connectivity index (χ4v) is 3.05. The average molecular weight is 290 g/mol. The van der Waals surface area contributed by atoms with E-state index in [2.05, 4.69) is 4.90 Å². The number of nitrogens with zero attached hydrogens (tertiary/aromatic N) is 1. The molecule has 1 aliphatic rings. The average Bonchev–Trinajstić information content (AvgIpc) is 2.90. The summed E-state index contributed by atoms with van der Waals surface area (Å²) in [7, 11) is 1.92. The van der Waals surface area contributed by atoms with E-state index in [1.54, 1.807) is 12.5 Å². The molecule has 2 rings (SSSR count). The van der Waals surface area contributed by atoms with Crippen molar-refractivity contribution < 1.29 is 17.6 Å². The molecule has 0 aliphatic heterocycles. The molecule has 1 saturated carbocycles. The van der Waals surface area contributed by atoms with Crippen molar-refractivity contribution in [2.24, 2.45) is 11.7 Å². The fourth-order valence-electron chi connectivity index (χ4n) is 3.05. The van der Waals surface area contributed by atoms with Gasteiger partial charge >= 0.3 is 6.18 Å². The van der Waals surface area contributed by atoms with Crippen molar-refractivity contribution in [3.8, 4) is 0 Å². The van der Waals surface area contributed by atoms with Crippen LogP contribution in [0.2, 0.25) is 0 Å². The minimum absolute atomic E-state index is 0.163. The second-order valence-corrected chi connectivity index (χ2v) is 5.73. The van der Waals surface area contributed by atoms with Gasteiger partial charge in [-0.1, -0.05) is 0 Å². The summed E-state index contributed by atoms with van der Waals surface area (Å²) < 4.78 is 43.3. The maximum absolute atomic E-state index is 12.7. The molecule has 0 spiro atoms. The number of hydrogen-bond donors (Lipinski definition) is 1. The number of nitrogens with two attached hydrogens (primary N) is 1. The van der Waals surface area contributed by atoms with E-state index in [0.29, 0.717) is 25.9 Å². The molecule has 0 bridgehead atoms. The van der Waals surface area contributed by atoms with E-state index in [9.17, 15) is 13.2 Å². The van der Waals surface area contributed by atoms with Gasteiger partial charge in [0.25, 0.3) is 0 Å². The van der Waals surface area contributed by atoms with Gasteiger partial charge in [-0.2, -0.15) is 13.2 Å². The zero-order valence-electron chi connectivity index (χ0n) is 11.6. The van der Waals surface area contributed by atoms with Crippen LogP contribution < -0.4 is 5.73 Å². The number of furan rings is 1. The zero-order valence-corrected chi connectivity index (χ0v) is 11.6. The highest BCUT2D eigenvalue weighted by molar-refractivity contribution is 5.07. The summed E-state index contributed by atoms with van der Waals surface area (Å²) in [6.45, 7) is 1.02. The number of halogens is 3. The molecule has 20 heavy (non-hydrogen) atoms. The molecule has 1 heterocycles. The molecular weight excluding hydrogens is 269 g/mol. The lowest BCUT2D eigenvalue weighted by molar-refractivity contribution is -0.188. The van der Waals surface area contributed by atoms with Crippen molar-refractivity contribution in [1.29, 1.82) is 0 Å². The van der Waals surface area contributed by atoms with Crippen LogP contribution in [0.15, 0.2) is 23.0 Å². The van der Waals surface area contributed by atoms with Crippen LogP contribution in [-0.2, 0) is 6.54 Å². The highest BCUT2D eigenvalue weighted by Gasteiger charge is 2.46. The molecule has 1 fully saturated rings. The molecule has 0 unspecified atom stereocenters. The molecule has 2 N–H and O–H groups in total. The fraction of sp³-hybridized carbons (Fsp3) is 0.714. The maximum atomic E-state index is 12.7. The lowest BCUT2D eigenvalue weighted by Crippen LogP contribution is -2.54. The summed E-state index contributed by atoms with van der Waals surface area (Å²) in [5.74, 6) is -1.18. The van der Waals surface area contributed by atoms with Gasteiger partial charge < -0.3 is 10.2 Å². The Hall–Kier alpha value is -1.01. The molecule has 1 aromatic rings. The predicted molar refractivity (Wildman–Crippen MR) is 70.0 cm³/mol. The van der Waals surface area contributed by atoms with Crippen molar-refractivity contribution in [3.05, 3.63) is 24.2 Å². The van der Waals surface area contributed by atoms with Crippen molar-refractivity contribution in [2.45, 2.75) is 43.9 Å².